The molecule has 5 nitrogen and oxygen atoms in total. The maximum Gasteiger partial charge on any atom is 0.334 e. The third-order valence-corrected chi connectivity index (χ3v) is 4.90. The Balaban J connectivity index is 1.82. The lowest BCUT2D eigenvalue weighted by molar-refractivity contribution is 0.471. The van der Waals surface area contributed by atoms with Crippen LogP contribution in [0.15, 0.2) is 70.3 Å². The minimum Gasteiger partial charge on any atom is -0.362 e. The van der Waals surface area contributed by atoms with Crippen molar-refractivity contribution in [3.05, 3.63) is 92.6 Å². The highest BCUT2D eigenvalue weighted by molar-refractivity contribution is 5.51. The Bertz CT molecular complexity index is 1020. The fourth-order valence-electron chi connectivity index (χ4n) is 3.46. The highest BCUT2D eigenvalue weighted by atomic mass is 16.2. The highest BCUT2D eigenvalue weighted by Crippen LogP contribution is 2.34. The molecule has 2 aromatic carbocycles. The lowest BCUT2D eigenvalue weighted by Crippen LogP contribution is -2.44. The molecule has 3 aromatic rings. The zero-order chi connectivity index (χ0) is 17.4. The quantitative estimate of drug-likeness (QED) is 0.758. The molecule has 0 bridgehead atoms. The van der Waals surface area contributed by atoms with Gasteiger partial charge in [-0.05, 0) is 37.5 Å². The third-order valence-electron chi connectivity index (χ3n) is 4.90. The smallest absolute Gasteiger partial charge is 0.334 e. The Morgan fingerprint density at radius 2 is 1.60 bits per heavy atom. The average Bonchev–Trinajstić information content (AvgIpc) is 2.63. The molecular weight excluding hydrogens is 314 g/mol. The van der Waals surface area contributed by atoms with Crippen molar-refractivity contribution in [1.82, 2.24) is 9.55 Å². The normalized spacial score (nSPS) is 19.1. The molecule has 0 spiro atoms. The molecule has 2 N–H and O–H groups in total. The summed E-state index contributed by atoms with van der Waals surface area (Å²) in [5, 5.41) is 3.38. The maximum absolute atomic E-state index is 12.9. The molecule has 1 aliphatic heterocycles. The van der Waals surface area contributed by atoms with Crippen molar-refractivity contribution in [3.8, 4) is 5.69 Å². The average molecular weight is 333 g/mol. The van der Waals surface area contributed by atoms with Gasteiger partial charge in [0.2, 0.25) is 0 Å². The van der Waals surface area contributed by atoms with Gasteiger partial charge in [0.05, 0.1) is 16.8 Å². The topological polar surface area (TPSA) is 66.9 Å². The van der Waals surface area contributed by atoms with E-state index in [0.717, 1.165) is 12.0 Å². The first kappa shape index (κ1) is 15.4. The summed E-state index contributed by atoms with van der Waals surface area (Å²) in [6.07, 6.45) is 1.39. The molecule has 1 aliphatic rings. The molecule has 2 heterocycles. The lowest BCUT2D eigenvalue weighted by atomic mass is 9.83. The van der Waals surface area contributed by atoms with Crippen LogP contribution in [0.3, 0.4) is 0 Å². The van der Waals surface area contributed by atoms with Gasteiger partial charge in [0, 0.05) is 0 Å². The minimum absolute atomic E-state index is 0.257. The molecule has 0 amide bonds. The lowest BCUT2D eigenvalue weighted by Gasteiger charge is -2.36. The van der Waals surface area contributed by atoms with E-state index in [1.165, 1.54) is 4.57 Å². The van der Waals surface area contributed by atoms with E-state index in [0.29, 0.717) is 23.5 Å². The molecule has 126 valence electrons. The zero-order valence-electron chi connectivity index (χ0n) is 14.0. The first-order valence-corrected chi connectivity index (χ1v) is 8.36. The van der Waals surface area contributed by atoms with Crippen LogP contribution in [0.4, 0.5) is 5.82 Å². The molecular formula is C20H19N3O2. The number of fused-ring (bicyclic) bond motifs is 1. The maximum atomic E-state index is 12.9. The number of hydrogen-bond donors (Lipinski definition) is 2. The van der Waals surface area contributed by atoms with E-state index in [2.05, 4.69) is 29.4 Å². The van der Waals surface area contributed by atoms with Gasteiger partial charge in [-0.3, -0.25) is 9.78 Å². The number of rotatable bonds is 2. The van der Waals surface area contributed by atoms with Crippen molar-refractivity contribution >= 4 is 5.82 Å². The Morgan fingerprint density at radius 1 is 0.960 bits per heavy atom. The number of H-pyrrole nitrogens is 1. The molecule has 5 heteroatoms. The molecule has 1 atom stereocenters. The molecule has 25 heavy (non-hydrogen) atoms. The monoisotopic (exact) mass is 333 g/mol. The fraction of sp³-hybridized carbons (Fsp3) is 0.200. The minimum atomic E-state index is -0.431. The summed E-state index contributed by atoms with van der Waals surface area (Å²) in [5.74, 6) is 0.528. The number of aromatic nitrogens is 2. The summed E-state index contributed by atoms with van der Waals surface area (Å²) >= 11 is 0. The number of para-hydroxylation sites is 1. The van der Waals surface area contributed by atoms with Crippen LogP contribution in [-0.4, -0.2) is 9.55 Å². The van der Waals surface area contributed by atoms with Crippen LogP contribution in [-0.2, 0) is 12.0 Å². The first-order chi connectivity index (χ1) is 12.1. The molecule has 0 saturated carbocycles. The summed E-state index contributed by atoms with van der Waals surface area (Å²) in [7, 11) is 0. The second kappa shape index (κ2) is 5.77. The van der Waals surface area contributed by atoms with Crippen molar-refractivity contribution in [2.75, 3.05) is 5.32 Å². The zero-order valence-corrected chi connectivity index (χ0v) is 14.0. The van der Waals surface area contributed by atoms with Crippen LogP contribution in [0.2, 0.25) is 0 Å². The van der Waals surface area contributed by atoms with Crippen LogP contribution in [0.25, 0.3) is 5.69 Å². The predicted octanol–water partition coefficient (Wildman–Crippen LogP) is 2.80. The number of nitrogens with zero attached hydrogens (tertiary/aromatic N) is 1. The Morgan fingerprint density at radius 3 is 2.28 bits per heavy atom. The molecule has 0 unspecified atom stereocenters. The molecule has 4 rings (SSSR count). The standard InChI is InChI=1S/C20H19N3O2/c1-20(14-8-4-2-5-9-14)13-12-16-17(22-20)21-19(25)23(18(16)24)15-10-6-3-7-11-15/h2-11,22H,12-13H2,1H3,(H,21,25)/t20-/m1/s1. The molecule has 1 aromatic heterocycles. The Hall–Kier alpha value is -3.08. The van der Waals surface area contributed by atoms with Gasteiger partial charge in [0.1, 0.15) is 5.82 Å². The van der Waals surface area contributed by atoms with Crippen LogP contribution < -0.4 is 16.6 Å². The number of nitrogens with one attached hydrogen (secondary N) is 2. The molecule has 0 fully saturated rings. The van der Waals surface area contributed by atoms with E-state index < -0.39 is 5.69 Å². The summed E-state index contributed by atoms with van der Waals surface area (Å²) in [4.78, 5) is 28.3. The molecule has 0 saturated heterocycles. The van der Waals surface area contributed by atoms with Gasteiger partial charge in [-0.25, -0.2) is 9.36 Å². The number of hydrogen-bond acceptors (Lipinski definition) is 3. The second-order valence-corrected chi connectivity index (χ2v) is 6.58. The van der Waals surface area contributed by atoms with Gasteiger partial charge in [0.15, 0.2) is 0 Å². The number of benzene rings is 2. The van der Waals surface area contributed by atoms with Gasteiger partial charge < -0.3 is 5.32 Å². The molecule has 0 radical (unpaired) electrons. The van der Waals surface area contributed by atoms with Crippen molar-refractivity contribution < 1.29 is 0 Å². The summed E-state index contributed by atoms with van der Waals surface area (Å²) < 4.78 is 1.20. The Kier molecular flexibility index (Phi) is 3.57. The van der Waals surface area contributed by atoms with Crippen molar-refractivity contribution in [2.24, 2.45) is 0 Å². The highest BCUT2D eigenvalue weighted by Gasteiger charge is 2.33. The second-order valence-electron chi connectivity index (χ2n) is 6.58. The van der Waals surface area contributed by atoms with E-state index in [1.807, 2.05) is 36.4 Å². The van der Waals surface area contributed by atoms with E-state index in [1.54, 1.807) is 12.1 Å². The predicted molar refractivity (Wildman–Crippen MR) is 98.4 cm³/mol. The number of anilines is 1. The van der Waals surface area contributed by atoms with Crippen molar-refractivity contribution in [2.45, 2.75) is 25.3 Å². The summed E-state index contributed by atoms with van der Waals surface area (Å²) in [6, 6.07) is 19.1. The van der Waals surface area contributed by atoms with Crippen LogP contribution in [0.1, 0.15) is 24.5 Å². The van der Waals surface area contributed by atoms with Gasteiger partial charge in [0.25, 0.3) is 5.56 Å². The fourth-order valence-corrected chi connectivity index (χ4v) is 3.46. The Labute approximate surface area is 145 Å². The van der Waals surface area contributed by atoms with Gasteiger partial charge in [-0.1, -0.05) is 48.5 Å². The first-order valence-electron chi connectivity index (χ1n) is 8.36. The summed E-state index contributed by atoms with van der Waals surface area (Å²) in [6.45, 7) is 2.09. The van der Waals surface area contributed by atoms with E-state index in [9.17, 15) is 9.59 Å². The van der Waals surface area contributed by atoms with Gasteiger partial charge >= 0.3 is 5.69 Å². The SMILES string of the molecule is C[C@]1(c2ccccc2)CCc2c([nH]c(=O)n(-c3ccccc3)c2=O)N1. The van der Waals surface area contributed by atoms with Gasteiger partial charge in [-0.2, -0.15) is 0 Å². The van der Waals surface area contributed by atoms with Crippen molar-refractivity contribution in [3.63, 3.8) is 0 Å². The van der Waals surface area contributed by atoms with Crippen LogP contribution in [0, 0.1) is 0 Å². The van der Waals surface area contributed by atoms with E-state index >= 15 is 0 Å². The summed E-state index contributed by atoms with van der Waals surface area (Å²) in [5.41, 5.74) is 1.33. The third kappa shape index (κ3) is 2.58. The van der Waals surface area contributed by atoms with Crippen molar-refractivity contribution in [1.29, 1.82) is 0 Å². The van der Waals surface area contributed by atoms with Crippen LogP contribution in [0.5, 0.6) is 0 Å². The van der Waals surface area contributed by atoms with Crippen LogP contribution >= 0.6 is 0 Å². The van der Waals surface area contributed by atoms with E-state index in [4.69, 9.17) is 0 Å². The van der Waals surface area contributed by atoms with E-state index in [-0.39, 0.29) is 11.1 Å². The van der Waals surface area contributed by atoms with Gasteiger partial charge in [-0.15, -0.1) is 0 Å². The molecule has 0 aliphatic carbocycles. The largest absolute Gasteiger partial charge is 0.362 e. The number of aromatic amines is 1.